The average molecular weight is 290 g/mol. The van der Waals surface area contributed by atoms with Gasteiger partial charge in [-0.1, -0.05) is 11.8 Å². The van der Waals surface area contributed by atoms with Gasteiger partial charge in [0.05, 0.1) is 16.8 Å². The molecule has 2 heterocycles. The van der Waals surface area contributed by atoms with Crippen LogP contribution in [0, 0.1) is 5.82 Å². The first-order chi connectivity index (χ1) is 9.74. The Bertz CT molecular complexity index is 609. The summed E-state index contributed by atoms with van der Waals surface area (Å²) in [7, 11) is 0. The summed E-state index contributed by atoms with van der Waals surface area (Å²) in [6, 6.07) is 4.92. The van der Waals surface area contributed by atoms with E-state index in [0.717, 1.165) is 35.1 Å². The van der Waals surface area contributed by atoms with Crippen molar-refractivity contribution >= 4 is 28.0 Å². The average Bonchev–Trinajstić information content (AvgIpc) is 2.87. The Labute approximate surface area is 121 Å². The second-order valence-corrected chi connectivity index (χ2v) is 5.62. The topological polar surface area (TPSA) is 40.0 Å². The Morgan fingerprint density at radius 1 is 1.40 bits per heavy atom. The number of nitrogens with zero attached hydrogens (tertiary/aromatic N) is 3. The number of fused-ring (bicyclic) bond motifs is 1. The standard InChI is InChI=1S/C14H15FN4S/c1-10-17-7-14(18-8-16-9-20-10)19-5-4-11-6-12(15)2-3-13(11)19/h2-3,6-7,9,18H,4-5,8H2,1H3/b14-7-,16-9+,17-10?. The van der Waals surface area contributed by atoms with Gasteiger partial charge in [-0.05, 0) is 37.1 Å². The number of nitrogens with one attached hydrogen (secondary N) is 1. The van der Waals surface area contributed by atoms with Gasteiger partial charge in [0.1, 0.15) is 18.3 Å². The van der Waals surface area contributed by atoms with E-state index in [9.17, 15) is 4.39 Å². The van der Waals surface area contributed by atoms with Gasteiger partial charge in [0.2, 0.25) is 0 Å². The Kier molecular flexibility index (Phi) is 3.73. The number of rotatable bonds is 1. The Balaban J connectivity index is 1.92. The van der Waals surface area contributed by atoms with Crippen molar-refractivity contribution in [2.75, 3.05) is 18.1 Å². The largest absolute Gasteiger partial charge is 0.351 e. The summed E-state index contributed by atoms with van der Waals surface area (Å²) in [6.45, 7) is 3.28. The molecule has 0 fully saturated rings. The van der Waals surface area contributed by atoms with E-state index in [1.807, 2.05) is 19.2 Å². The summed E-state index contributed by atoms with van der Waals surface area (Å²) in [5.41, 5.74) is 3.86. The monoisotopic (exact) mass is 290 g/mol. The minimum absolute atomic E-state index is 0.183. The molecule has 0 bridgehead atoms. The molecule has 6 heteroatoms. The normalized spacial score (nSPS) is 22.6. The van der Waals surface area contributed by atoms with Gasteiger partial charge in [0.25, 0.3) is 0 Å². The van der Waals surface area contributed by atoms with Gasteiger partial charge in [-0.2, -0.15) is 0 Å². The maximum atomic E-state index is 13.3. The van der Waals surface area contributed by atoms with Crippen molar-refractivity contribution in [1.29, 1.82) is 0 Å². The molecule has 0 radical (unpaired) electrons. The van der Waals surface area contributed by atoms with E-state index in [1.165, 1.54) is 17.8 Å². The Morgan fingerprint density at radius 3 is 3.20 bits per heavy atom. The van der Waals surface area contributed by atoms with Crippen molar-refractivity contribution in [3.8, 4) is 0 Å². The summed E-state index contributed by atoms with van der Waals surface area (Å²) in [5, 5.41) is 4.19. The van der Waals surface area contributed by atoms with Crippen LogP contribution in [0.15, 0.2) is 40.2 Å². The van der Waals surface area contributed by atoms with Crippen molar-refractivity contribution in [2.45, 2.75) is 13.3 Å². The molecule has 3 rings (SSSR count). The van der Waals surface area contributed by atoms with Crippen molar-refractivity contribution in [3.63, 3.8) is 0 Å². The first-order valence-electron chi connectivity index (χ1n) is 6.43. The van der Waals surface area contributed by atoms with Gasteiger partial charge in [0, 0.05) is 12.2 Å². The van der Waals surface area contributed by atoms with Crippen molar-refractivity contribution in [3.05, 3.63) is 41.6 Å². The molecule has 0 aliphatic carbocycles. The van der Waals surface area contributed by atoms with E-state index >= 15 is 0 Å². The highest BCUT2D eigenvalue weighted by Gasteiger charge is 2.22. The number of benzene rings is 1. The van der Waals surface area contributed by atoms with Crippen LogP contribution in [0.1, 0.15) is 12.5 Å². The highest BCUT2D eigenvalue weighted by atomic mass is 32.2. The molecule has 1 aromatic carbocycles. The van der Waals surface area contributed by atoms with E-state index in [0.29, 0.717) is 6.67 Å². The van der Waals surface area contributed by atoms with Crippen LogP contribution in [-0.4, -0.2) is 23.8 Å². The van der Waals surface area contributed by atoms with Crippen LogP contribution in [0.2, 0.25) is 0 Å². The quantitative estimate of drug-likeness (QED) is 0.864. The first kappa shape index (κ1) is 13.2. The lowest BCUT2D eigenvalue weighted by Crippen LogP contribution is -2.30. The lowest BCUT2D eigenvalue weighted by atomic mass is 10.2. The Morgan fingerprint density at radius 2 is 2.30 bits per heavy atom. The summed E-state index contributed by atoms with van der Waals surface area (Å²) in [5.74, 6) is 0.714. The van der Waals surface area contributed by atoms with Gasteiger partial charge < -0.3 is 10.2 Å². The lowest BCUT2D eigenvalue weighted by molar-refractivity contribution is 0.626. The maximum Gasteiger partial charge on any atom is 0.126 e. The smallest absolute Gasteiger partial charge is 0.126 e. The maximum absolute atomic E-state index is 13.3. The van der Waals surface area contributed by atoms with Crippen LogP contribution >= 0.6 is 11.8 Å². The molecular formula is C14H15FN4S. The summed E-state index contributed by atoms with van der Waals surface area (Å²) in [4.78, 5) is 10.8. The van der Waals surface area contributed by atoms with Crippen LogP contribution in [0.25, 0.3) is 0 Å². The zero-order valence-electron chi connectivity index (χ0n) is 11.1. The van der Waals surface area contributed by atoms with E-state index < -0.39 is 0 Å². The fraction of sp³-hybridized carbons (Fsp3) is 0.286. The minimum Gasteiger partial charge on any atom is -0.351 e. The fourth-order valence-corrected chi connectivity index (χ4v) is 2.71. The summed E-state index contributed by atoms with van der Waals surface area (Å²) in [6.07, 6.45) is 2.66. The molecule has 0 atom stereocenters. The van der Waals surface area contributed by atoms with Crippen molar-refractivity contribution in [2.24, 2.45) is 9.98 Å². The second-order valence-electron chi connectivity index (χ2n) is 4.58. The molecule has 2 aliphatic heterocycles. The van der Waals surface area contributed by atoms with E-state index in [1.54, 1.807) is 11.6 Å². The van der Waals surface area contributed by atoms with Gasteiger partial charge in [-0.15, -0.1) is 0 Å². The van der Waals surface area contributed by atoms with Gasteiger partial charge in [-0.3, -0.25) is 9.98 Å². The lowest BCUT2D eigenvalue weighted by Gasteiger charge is -2.22. The molecule has 1 N–H and O–H groups in total. The molecule has 104 valence electrons. The first-order valence-corrected chi connectivity index (χ1v) is 7.31. The Hall–Kier alpha value is -1.82. The van der Waals surface area contributed by atoms with Crippen molar-refractivity contribution < 1.29 is 4.39 Å². The number of halogens is 1. The number of thioether (sulfide) groups is 1. The zero-order chi connectivity index (χ0) is 13.9. The molecule has 0 unspecified atom stereocenters. The summed E-state index contributed by atoms with van der Waals surface area (Å²) < 4.78 is 13.3. The molecule has 1 aromatic rings. The number of hydrogen-bond donors (Lipinski definition) is 1. The molecular weight excluding hydrogens is 275 g/mol. The number of aliphatic imine (C=N–C) groups is 2. The third-order valence-electron chi connectivity index (χ3n) is 3.25. The van der Waals surface area contributed by atoms with E-state index in [2.05, 4.69) is 20.2 Å². The van der Waals surface area contributed by atoms with Crippen LogP contribution < -0.4 is 10.2 Å². The van der Waals surface area contributed by atoms with Gasteiger partial charge >= 0.3 is 0 Å². The third-order valence-corrected chi connectivity index (χ3v) is 3.95. The number of anilines is 1. The van der Waals surface area contributed by atoms with Crippen LogP contribution in [-0.2, 0) is 6.42 Å². The molecule has 0 saturated carbocycles. The molecule has 0 spiro atoms. The predicted molar refractivity (Wildman–Crippen MR) is 82.7 cm³/mol. The molecule has 0 aromatic heterocycles. The molecule has 4 nitrogen and oxygen atoms in total. The van der Waals surface area contributed by atoms with Gasteiger partial charge in [-0.25, -0.2) is 4.39 Å². The predicted octanol–water partition coefficient (Wildman–Crippen LogP) is 2.73. The summed E-state index contributed by atoms with van der Waals surface area (Å²) >= 11 is 1.50. The highest BCUT2D eigenvalue weighted by molar-refractivity contribution is 8.25. The SMILES string of the molecule is CC1=N/C=C(\N2CCc3cc(F)ccc32)NC/N=C/S1. The van der Waals surface area contributed by atoms with Crippen LogP contribution in [0.3, 0.4) is 0 Å². The van der Waals surface area contributed by atoms with E-state index in [4.69, 9.17) is 0 Å². The van der Waals surface area contributed by atoms with Crippen LogP contribution in [0.5, 0.6) is 0 Å². The number of hydrogen-bond acceptors (Lipinski definition) is 5. The van der Waals surface area contributed by atoms with E-state index in [-0.39, 0.29) is 5.82 Å². The molecule has 0 saturated heterocycles. The highest BCUT2D eigenvalue weighted by Crippen LogP contribution is 2.30. The molecule has 0 amide bonds. The minimum atomic E-state index is -0.183. The third kappa shape index (κ3) is 2.70. The van der Waals surface area contributed by atoms with Crippen LogP contribution in [0.4, 0.5) is 10.1 Å². The van der Waals surface area contributed by atoms with Crippen molar-refractivity contribution in [1.82, 2.24) is 5.32 Å². The molecule has 20 heavy (non-hydrogen) atoms. The molecule has 2 aliphatic rings. The second kappa shape index (κ2) is 5.66. The van der Waals surface area contributed by atoms with Gasteiger partial charge in [0.15, 0.2) is 0 Å². The fourth-order valence-electron chi connectivity index (χ4n) is 2.29. The zero-order valence-corrected chi connectivity index (χ0v) is 12.0.